The number of carbonyl (C=O) groups is 2. The van der Waals surface area contributed by atoms with Gasteiger partial charge in [-0.15, -0.1) is 0 Å². The molecule has 0 radical (unpaired) electrons. The van der Waals surface area contributed by atoms with Gasteiger partial charge in [0.2, 0.25) is 5.91 Å². The summed E-state index contributed by atoms with van der Waals surface area (Å²) in [5.74, 6) is -1.56. The largest absolute Gasteiger partial charge is 0.478 e. The lowest BCUT2D eigenvalue weighted by atomic mass is 10.1. The van der Waals surface area contributed by atoms with Gasteiger partial charge in [-0.3, -0.25) is 4.79 Å². The number of anilines is 2. The number of carbonyl (C=O) groups excluding carboxylic acids is 1. The van der Waals surface area contributed by atoms with Crippen LogP contribution in [0.2, 0.25) is 0 Å². The molecule has 7 nitrogen and oxygen atoms in total. The molecule has 1 fully saturated rings. The lowest BCUT2D eigenvalue weighted by Crippen LogP contribution is -2.20. The van der Waals surface area contributed by atoms with Crippen LogP contribution in [0.5, 0.6) is 0 Å². The normalized spacial score (nSPS) is 16.8. The number of rotatable bonds is 6. The van der Waals surface area contributed by atoms with Crippen LogP contribution in [0, 0.1) is 11.3 Å². The molecule has 0 spiro atoms. The van der Waals surface area contributed by atoms with Gasteiger partial charge in [-0.25, -0.2) is 4.79 Å². The second-order valence-electron chi connectivity index (χ2n) is 4.96. The fraction of sp³-hybridized carbons (Fsp3) is 0.400. The number of carboxylic acid groups (broad SMARTS) is 1. The number of nitrogens with one attached hydrogen (secondary N) is 2. The molecular formula is C15H17N3O4. The summed E-state index contributed by atoms with van der Waals surface area (Å²) in [6.45, 7) is 1.28. The van der Waals surface area contributed by atoms with Crippen LogP contribution in [0.1, 0.15) is 29.6 Å². The van der Waals surface area contributed by atoms with Crippen molar-refractivity contribution in [1.29, 1.82) is 5.26 Å². The van der Waals surface area contributed by atoms with Crippen molar-refractivity contribution in [3.05, 3.63) is 23.8 Å². The molecule has 116 valence electrons. The van der Waals surface area contributed by atoms with Crippen molar-refractivity contribution in [2.24, 2.45) is 0 Å². The zero-order valence-electron chi connectivity index (χ0n) is 12.0. The van der Waals surface area contributed by atoms with Gasteiger partial charge in [0.15, 0.2) is 0 Å². The maximum atomic E-state index is 11.4. The van der Waals surface area contributed by atoms with E-state index in [9.17, 15) is 14.7 Å². The summed E-state index contributed by atoms with van der Waals surface area (Å²) in [7, 11) is 0. The summed E-state index contributed by atoms with van der Waals surface area (Å²) < 4.78 is 5.48. The molecular weight excluding hydrogens is 286 g/mol. The number of ether oxygens (including phenoxy) is 1. The summed E-state index contributed by atoms with van der Waals surface area (Å²) in [6, 6.07) is 6.30. The SMILES string of the molecule is N#CCC(=O)Nc1ccc(NCC2CCCO2)c(C(=O)O)c1. The lowest BCUT2D eigenvalue weighted by molar-refractivity contribution is -0.115. The van der Waals surface area contributed by atoms with Crippen molar-refractivity contribution in [2.75, 3.05) is 23.8 Å². The number of nitrogens with zero attached hydrogens (tertiary/aromatic N) is 1. The Balaban J connectivity index is 2.07. The van der Waals surface area contributed by atoms with Crippen molar-refractivity contribution in [3.8, 4) is 6.07 Å². The first-order valence-corrected chi connectivity index (χ1v) is 7.00. The molecule has 0 aromatic heterocycles. The average molecular weight is 303 g/mol. The number of nitriles is 1. The molecule has 1 unspecified atom stereocenters. The topological polar surface area (TPSA) is 111 Å². The molecule has 3 N–H and O–H groups in total. The Labute approximate surface area is 127 Å². The number of hydrogen-bond acceptors (Lipinski definition) is 5. The minimum atomic E-state index is -1.09. The van der Waals surface area contributed by atoms with Gasteiger partial charge in [0.1, 0.15) is 6.42 Å². The van der Waals surface area contributed by atoms with Gasteiger partial charge in [-0.05, 0) is 31.0 Å². The molecule has 1 aliphatic heterocycles. The van der Waals surface area contributed by atoms with E-state index in [0.717, 1.165) is 19.4 Å². The first kappa shape index (κ1) is 15.8. The second kappa shape index (κ2) is 7.43. The number of amides is 1. The van der Waals surface area contributed by atoms with Crippen LogP contribution in [-0.2, 0) is 9.53 Å². The van der Waals surface area contributed by atoms with E-state index in [-0.39, 0.29) is 18.1 Å². The van der Waals surface area contributed by atoms with Gasteiger partial charge in [0, 0.05) is 24.5 Å². The van der Waals surface area contributed by atoms with E-state index in [1.807, 2.05) is 0 Å². The fourth-order valence-corrected chi connectivity index (χ4v) is 2.26. The molecule has 1 saturated heterocycles. The second-order valence-corrected chi connectivity index (χ2v) is 4.96. The molecule has 7 heteroatoms. The smallest absolute Gasteiger partial charge is 0.337 e. The average Bonchev–Trinajstić information content (AvgIpc) is 2.99. The number of hydrogen-bond donors (Lipinski definition) is 3. The zero-order chi connectivity index (χ0) is 15.9. The molecule has 2 rings (SSSR count). The van der Waals surface area contributed by atoms with Gasteiger partial charge in [-0.1, -0.05) is 0 Å². The maximum absolute atomic E-state index is 11.4. The van der Waals surface area contributed by atoms with E-state index in [4.69, 9.17) is 10.00 Å². The minimum absolute atomic E-state index is 0.0627. The van der Waals surface area contributed by atoms with Gasteiger partial charge < -0.3 is 20.5 Å². The monoisotopic (exact) mass is 303 g/mol. The molecule has 1 aromatic carbocycles. The van der Waals surface area contributed by atoms with E-state index in [1.54, 1.807) is 18.2 Å². The predicted octanol–water partition coefficient (Wildman–Crippen LogP) is 1.83. The van der Waals surface area contributed by atoms with Crippen LogP contribution in [0.15, 0.2) is 18.2 Å². The molecule has 1 atom stereocenters. The molecule has 0 bridgehead atoms. The van der Waals surface area contributed by atoms with Crippen molar-refractivity contribution in [2.45, 2.75) is 25.4 Å². The number of benzene rings is 1. The van der Waals surface area contributed by atoms with Crippen LogP contribution in [0.3, 0.4) is 0 Å². The van der Waals surface area contributed by atoms with E-state index in [0.29, 0.717) is 17.9 Å². The highest BCUT2D eigenvalue weighted by atomic mass is 16.5. The van der Waals surface area contributed by atoms with Gasteiger partial charge in [0.25, 0.3) is 0 Å². The van der Waals surface area contributed by atoms with Gasteiger partial charge in [-0.2, -0.15) is 5.26 Å². The Morgan fingerprint density at radius 2 is 2.27 bits per heavy atom. The van der Waals surface area contributed by atoms with Crippen LogP contribution in [-0.4, -0.2) is 36.2 Å². The quantitative estimate of drug-likeness (QED) is 0.739. The number of aromatic carboxylic acids is 1. The summed E-state index contributed by atoms with van der Waals surface area (Å²) >= 11 is 0. The molecule has 0 saturated carbocycles. The molecule has 0 aliphatic carbocycles. The van der Waals surface area contributed by atoms with Crippen molar-refractivity contribution >= 4 is 23.3 Å². The molecule has 1 aliphatic rings. The third-order valence-electron chi connectivity index (χ3n) is 3.32. The fourth-order valence-electron chi connectivity index (χ4n) is 2.26. The Morgan fingerprint density at radius 3 is 2.91 bits per heavy atom. The Hall–Kier alpha value is -2.59. The first-order valence-electron chi connectivity index (χ1n) is 7.00. The van der Waals surface area contributed by atoms with Crippen LogP contribution >= 0.6 is 0 Å². The predicted molar refractivity (Wildman–Crippen MR) is 79.7 cm³/mol. The van der Waals surface area contributed by atoms with E-state index < -0.39 is 11.9 Å². The summed E-state index contributed by atoms with van der Waals surface area (Å²) in [6.07, 6.45) is 1.79. The summed E-state index contributed by atoms with van der Waals surface area (Å²) in [5, 5.41) is 23.3. The summed E-state index contributed by atoms with van der Waals surface area (Å²) in [5.41, 5.74) is 0.884. The highest BCUT2D eigenvalue weighted by Crippen LogP contribution is 2.22. The summed E-state index contributed by atoms with van der Waals surface area (Å²) in [4.78, 5) is 22.7. The Kier molecular flexibility index (Phi) is 5.33. The van der Waals surface area contributed by atoms with Crippen LogP contribution in [0.25, 0.3) is 0 Å². The van der Waals surface area contributed by atoms with Gasteiger partial charge in [0.05, 0.1) is 17.7 Å². The molecule has 1 amide bonds. The lowest BCUT2D eigenvalue weighted by Gasteiger charge is -2.14. The standard InChI is InChI=1S/C15H17N3O4/c16-6-5-14(19)18-10-3-4-13(12(8-10)15(20)21)17-9-11-2-1-7-22-11/h3-4,8,11,17H,1-2,5,7,9H2,(H,18,19)(H,20,21). The van der Waals surface area contributed by atoms with Gasteiger partial charge >= 0.3 is 5.97 Å². The third kappa shape index (κ3) is 4.20. The minimum Gasteiger partial charge on any atom is -0.478 e. The maximum Gasteiger partial charge on any atom is 0.337 e. The zero-order valence-corrected chi connectivity index (χ0v) is 12.0. The first-order chi connectivity index (χ1) is 10.6. The Bertz CT molecular complexity index is 603. The van der Waals surface area contributed by atoms with E-state index in [2.05, 4.69) is 10.6 Å². The Morgan fingerprint density at radius 1 is 1.45 bits per heavy atom. The van der Waals surface area contributed by atoms with Crippen molar-refractivity contribution < 1.29 is 19.4 Å². The van der Waals surface area contributed by atoms with E-state index >= 15 is 0 Å². The molecule has 1 heterocycles. The van der Waals surface area contributed by atoms with Crippen molar-refractivity contribution in [3.63, 3.8) is 0 Å². The number of carboxylic acids is 1. The van der Waals surface area contributed by atoms with Crippen molar-refractivity contribution in [1.82, 2.24) is 0 Å². The van der Waals surface area contributed by atoms with Crippen LogP contribution < -0.4 is 10.6 Å². The highest BCUT2D eigenvalue weighted by Gasteiger charge is 2.17. The molecule has 22 heavy (non-hydrogen) atoms. The molecule has 1 aromatic rings. The van der Waals surface area contributed by atoms with Crippen LogP contribution in [0.4, 0.5) is 11.4 Å². The van der Waals surface area contributed by atoms with E-state index in [1.165, 1.54) is 6.07 Å². The highest BCUT2D eigenvalue weighted by molar-refractivity contribution is 5.98. The third-order valence-corrected chi connectivity index (χ3v) is 3.32.